The molecule has 1 aliphatic carbocycles. The van der Waals surface area contributed by atoms with E-state index in [4.69, 9.17) is 5.10 Å². The highest BCUT2D eigenvalue weighted by Gasteiger charge is 2.30. The molecule has 1 aliphatic heterocycles. The fourth-order valence-corrected chi connectivity index (χ4v) is 4.93. The Hall–Kier alpha value is -3.48. The molecule has 6 nitrogen and oxygen atoms in total. The van der Waals surface area contributed by atoms with Gasteiger partial charge in [0.05, 0.1) is 12.1 Å². The number of halogens is 1. The fraction of sp³-hybridized carbons (Fsp3) is 0.370. The number of amides is 2. The van der Waals surface area contributed by atoms with Crippen LogP contribution in [-0.2, 0) is 24.1 Å². The van der Waals surface area contributed by atoms with E-state index in [2.05, 4.69) is 0 Å². The Morgan fingerprint density at radius 1 is 0.824 bits per heavy atom. The maximum absolute atomic E-state index is 13.5. The highest BCUT2D eigenvalue weighted by molar-refractivity contribution is 5.94. The van der Waals surface area contributed by atoms with Gasteiger partial charge < -0.3 is 9.80 Å². The van der Waals surface area contributed by atoms with E-state index in [0.717, 1.165) is 54.6 Å². The van der Waals surface area contributed by atoms with Crippen LogP contribution in [0.25, 0.3) is 5.69 Å². The molecular formula is C27H29FN4O2. The van der Waals surface area contributed by atoms with Crippen molar-refractivity contribution >= 4 is 11.8 Å². The summed E-state index contributed by atoms with van der Waals surface area (Å²) >= 11 is 0. The Morgan fingerprint density at radius 2 is 1.50 bits per heavy atom. The van der Waals surface area contributed by atoms with Gasteiger partial charge in [-0.05, 0) is 55.5 Å². The molecule has 0 radical (unpaired) electrons. The topological polar surface area (TPSA) is 58.4 Å². The number of nitrogens with zero attached hydrogens (tertiary/aromatic N) is 4. The summed E-state index contributed by atoms with van der Waals surface area (Å²) < 4.78 is 15.1. The molecule has 1 aromatic heterocycles. The zero-order chi connectivity index (χ0) is 23.5. The van der Waals surface area contributed by atoms with Crippen LogP contribution >= 0.6 is 0 Å². The van der Waals surface area contributed by atoms with E-state index < -0.39 is 0 Å². The highest BCUT2D eigenvalue weighted by Crippen LogP contribution is 2.27. The minimum Gasteiger partial charge on any atom is -0.339 e. The number of carbonyl (C=O) groups excluding carboxylic acids is 2. The number of para-hydroxylation sites is 1. The van der Waals surface area contributed by atoms with Gasteiger partial charge in [0, 0.05) is 37.4 Å². The minimum absolute atomic E-state index is 0.000861. The Labute approximate surface area is 199 Å². The SMILES string of the molecule is O=C(Cc1ccc(F)cc1)N1CCN(C(=O)c2nn(-c3ccccc3)c3c2CCCCC3)CC1. The zero-order valence-electron chi connectivity index (χ0n) is 19.3. The largest absolute Gasteiger partial charge is 0.339 e. The summed E-state index contributed by atoms with van der Waals surface area (Å²) in [6.07, 6.45) is 5.37. The molecule has 1 saturated heterocycles. The lowest BCUT2D eigenvalue weighted by atomic mass is 10.1. The number of aromatic nitrogens is 2. The summed E-state index contributed by atoms with van der Waals surface area (Å²) in [4.78, 5) is 29.9. The summed E-state index contributed by atoms with van der Waals surface area (Å²) in [5.74, 6) is -0.352. The zero-order valence-corrected chi connectivity index (χ0v) is 19.3. The van der Waals surface area contributed by atoms with Gasteiger partial charge in [-0.2, -0.15) is 5.10 Å². The molecule has 0 N–H and O–H groups in total. The van der Waals surface area contributed by atoms with E-state index in [-0.39, 0.29) is 24.1 Å². The van der Waals surface area contributed by atoms with E-state index >= 15 is 0 Å². The molecule has 2 heterocycles. The molecule has 2 amide bonds. The second-order valence-corrected chi connectivity index (χ2v) is 9.06. The molecular weight excluding hydrogens is 431 g/mol. The first-order valence-electron chi connectivity index (χ1n) is 12.1. The number of hydrogen-bond donors (Lipinski definition) is 0. The molecule has 7 heteroatoms. The lowest BCUT2D eigenvalue weighted by Gasteiger charge is -2.34. The average Bonchev–Trinajstić information content (AvgIpc) is 3.06. The van der Waals surface area contributed by atoms with Gasteiger partial charge in [-0.25, -0.2) is 9.07 Å². The van der Waals surface area contributed by atoms with E-state index in [1.807, 2.05) is 39.9 Å². The summed E-state index contributed by atoms with van der Waals surface area (Å²) in [7, 11) is 0. The van der Waals surface area contributed by atoms with Gasteiger partial charge in [-0.15, -0.1) is 0 Å². The van der Waals surface area contributed by atoms with Crippen molar-refractivity contribution in [3.8, 4) is 5.69 Å². The Morgan fingerprint density at radius 3 is 2.24 bits per heavy atom. The number of carbonyl (C=O) groups is 2. The normalized spacial score (nSPS) is 16.1. The van der Waals surface area contributed by atoms with Crippen LogP contribution in [0, 0.1) is 5.82 Å². The molecule has 176 valence electrons. The maximum Gasteiger partial charge on any atom is 0.274 e. The van der Waals surface area contributed by atoms with Gasteiger partial charge in [0.25, 0.3) is 5.91 Å². The lowest BCUT2D eigenvalue weighted by molar-refractivity contribution is -0.131. The van der Waals surface area contributed by atoms with Crippen LogP contribution in [-0.4, -0.2) is 57.6 Å². The van der Waals surface area contributed by atoms with Crippen LogP contribution < -0.4 is 0 Å². The van der Waals surface area contributed by atoms with Crippen molar-refractivity contribution in [1.29, 1.82) is 0 Å². The molecule has 0 bridgehead atoms. The predicted octanol–water partition coefficient (Wildman–Crippen LogP) is 3.81. The first-order chi connectivity index (χ1) is 16.6. The summed E-state index contributed by atoms with van der Waals surface area (Å²) in [5.41, 5.74) is 4.57. The third-order valence-electron chi connectivity index (χ3n) is 6.82. The van der Waals surface area contributed by atoms with Crippen molar-refractivity contribution in [2.75, 3.05) is 26.2 Å². The van der Waals surface area contributed by atoms with Gasteiger partial charge in [0.2, 0.25) is 5.91 Å². The van der Waals surface area contributed by atoms with Crippen LogP contribution in [0.15, 0.2) is 54.6 Å². The Balaban J connectivity index is 1.29. The monoisotopic (exact) mass is 460 g/mol. The highest BCUT2D eigenvalue weighted by atomic mass is 19.1. The summed E-state index contributed by atoms with van der Waals surface area (Å²) in [6, 6.07) is 16.0. The molecule has 34 heavy (non-hydrogen) atoms. The summed E-state index contributed by atoms with van der Waals surface area (Å²) in [5, 5.41) is 4.81. The van der Waals surface area contributed by atoms with E-state index in [0.29, 0.717) is 31.9 Å². The van der Waals surface area contributed by atoms with E-state index in [9.17, 15) is 14.0 Å². The number of hydrogen-bond acceptors (Lipinski definition) is 3. The predicted molar refractivity (Wildman–Crippen MR) is 127 cm³/mol. The number of rotatable bonds is 4. The van der Waals surface area contributed by atoms with Gasteiger partial charge in [0.15, 0.2) is 5.69 Å². The van der Waals surface area contributed by atoms with Crippen LogP contribution in [0.4, 0.5) is 4.39 Å². The average molecular weight is 461 g/mol. The van der Waals surface area contributed by atoms with E-state index in [1.54, 1.807) is 17.0 Å². The maximum atomic E-state index is 13.5. The van der Waals surface area contributed by atoms with Crippen molar-refractivity contribution in [1.82, 2.24) is 19.6 Å². The van der Waals surface area contributed by atoms with Crippen molar-refractivity contribution < 1.29 is 14.0 Å². The van der Waals surface area contributed by atoms with Crippen LogP contribution in [0.1, 0.15) is 46.6 Å². The first-order valence-corrected chi connectivity index (χ1v) is 12.1. The molecule has 2 aliphatic rings. The van der Waals surface area contributed by atoms with Crippen molar-refractivity contribution in [2.24, 2.45) is 0 Å². The molecule has 0 spiro atoms. The van der Waals surface area contributed by atoms with Gasteiger partial charge in [-0.1, -0.05) is 36.8 Å². The van der Waals surface area contributed by atoms with Gasteiger partial charge >= 0.3 is 0 Å². The fourth-order valence-electron chi connectivity index (χ4n) is 4.93. The van der Waals surface area contributed by atoms with Crippen molar-refractivity contribution in [3.05, 3.63) is 82.9 Å². The lowest BCUT2D eigenvalue weighted by Crippen LogP contribution is -2.51. The van der Waals surface area contributed by atoms with Crippen LogP contribution in [0.3, 0.4) is 0 Å². The third kappa shape index (κ3) is 4.60. The van der Waals surface area contributed by atoms with Gasteiger partial charge in [0.1, 0.15) is 5.82 Å². The molecule has 1 fully saturated rings. The minimum atomic E-state index is -0.309. The molecule has 0 saturated carbocycles. The van der Waals surface area contributed by atoms with Crippen molar-refractivity contribution in [3.63, 3.8) is 0 Å². The van der Waals surface area contributed by atoms with Crippen molar-refractivity contribution in [2.45, 2.75) is 38.5 Å². The molecule has 0 unspecified atom stereocenters. The Kier molecular flexibility index (Phi) is 6.43. The number of piperazine rings is 1. The second-order valence-electron chi connectivity index (χ2n) is 9.06. The second kappa shape index (κ2) is 9.79. The van der Waals surface area contributed by atoms with Crippen LogP contribution in [0.2, 0.25) is 0 Å². The molecule has 5 rings (SSSR count). The number of fused-ring (bicyclic) bond motifs is 1. The molecule has 2 aromatic carbocycles. The smallest absolute Gasteiger partial charge is 0.274 e. The number of benzene rings is 2. The Bertz CT molecular complexity index is 1170. The quantitative estimate of drug-likeness (QED) is 0.557. The standard InChI is InChI=1S/C27H29FN4O2/c28-21-13-11-20(12-14-21)19-25(33)30-15-17-31(18-16-30)27(34)26-23-9-5-2-6-10-24(23)32(29-26)22-7-3-1-4-8-22/h1,3-4,7-8,11-14H,2,5-6,9-10,15-19H2. The summed E-state index contributed by atoms with van der Waals surface area (Å²) in [6.45, 7) is 1.96. The first kappa shape index (κ1) is 22.3. The molecule has 0 atom stereocenters. The van der Waals surface area contributed by atoms with E-state index in [1.165, 1.54) is 12.1 Å². The third-order valence-corrected chi connectivity index (χ3v) is 6.82. The van der Waals surface area contributed by atoms with Crippen LogP contribution in [0.5, 0.6) is 0 Å². The molecule has 3 aromatic rings. The van der Waals surface area contributed by atoms with Gasteiger partial charge in [-0.3, -0.25) is 9.59 Å².